The van der Waals surface area contributed by atoms with Crippen molar-refractivity contribution in [3.63, 3.8) is 0 Å². The van der Waals surface area contributed by atoms with Gasteiger partial charge in [0.1, 0.15) is 6.10 Å². The molecule has 246 valence electrons. The third kappa shape index (κ3) is 4.25. The number of hydrogen-bond donors (Lipinski definition) is 0. The number of carbonyl (C=O) groups excluding carboxylic acids is 2. The summed E-state index contributed by atoms with van der Waals surface area (Å²) in [5.41, 5.74) is 2.30. The summed E-state index contributed by atoms with van der Waals surface area (Å²) in [5, 5.41) is 0. The van der Waals surface area contributed by atoms with Crippen molar-refractivity contribution in [1.82, 2.24) is 9.80 Å². The molecular weight excluding hydrogens is 544 g/mol. The molecule has 0 spiro atoms. The van der Waals surface area contributed by atoms with Gasteiger partial charge in [0.15, 0.2) is 0 Å². The molecule has 1 amide bonds. The molecule has 3 saturated heterocycles. The lowest BCUT2D eigenvalue weighted by Crippen LogP contribution is -2.66. The normalized spacial score (nSPS) is 48.9. The third-order valence-corrected chi connectivity index (χ3v) is 16.2. The van der Waals surface area contributed by atoms with E-state index in [9.17, 15) is 4.79 Å². The number of ether oxygens (including phenoxy) is 1. The molecule has 3 heterocycles. The molecule has 0 aromatic heterocycles. The Morgan fingerprint density at radius 1 is 0.795 bits per heavy atom. The van der Waals surface area contributed by atoms with Gasteiger partial charge in [0.05, 0.1) is 5.41 Å². The van der Waals surface area contributed by atoms with Crippen LogP contribution in [0.1, 0.15) is 132 Å². The average molecular weight is 607 g/mol. The molecule has 2 bridgehead atoms. The second-order valence-corrected chi connectivity index (χ2v) is 18.9. The maximum Gasteiger partial charge on any atom is 0.302 e. The second-order valence-electron chi connectivity index (χ2n) is 18.9. The summed E-state index contributed by atoms with van der Waals surface area (Å²) in [6, 6.07) is 0.447. The van der Waals surface area contributed by atoms with Gasteiger partial charge in [-0.05, 0) is 116 Å². The Morgan fingerprint density at radius 3 is 2.20 bits per heavy atom. The smallest absolute Gasteiger partial charge is 0.302 e. The van der Waals surface area contributed by atoms with Gasteiger partial charge in [0.25, 0.3) is 0 Å². The van der Waals surface area contributed by atoms with Crippen LogP contribution in [0.2, 0.25) is 0 Å². The number of esters is 1. The molecule has 0 aromatic rings. The molecule has 0 unspecified atom stereocenters. The Kier molecular flexibility index (Phi) is 7.15. The van der Waals surface area contributed by atoms with E-state index in [0.717, 1.165) is 70.9 Å². The molecule has 4 saturated carbocycles. The Labute approximate surface area is 268 Å². The van der Waals surface area contributed by atoms with Crippen molar-refractivity contribution in [1.29, 1.82) is 0 Å². The Morgan fingerprint density at radius 2 is 1.50 bits per heavy atom. The SMILES string of the molecule is CC(=O)O[C@H]1CC[C@]2(C)[C@H]3CC=C4[C@@H]5CC(C)(C)CC[C@]5(C(=O)N5CCN6CCC5CC6)CC[C@@]4(C)[C@]3(C)CC[C@H]2C1(C)C. The van der Waals surface area contributed by atoms with E-state index in [1.165, 1.54) is 32.4 Å². The minimum atomic E-state index is -0.215. The highest BCUT2D eigenvalue weighted by Crippen LogP contribution is 2.76. The van der Waals surface area contributed by atoms with Crippen molar-refractivity contribution < 1.29 is 14.3 Å². The monoisotopic (exact) mass is 606 g/mol. The fourth-order valence-electron chi connectivity index (χ4n) is 13.5. The number of fused-ring (bicyclic) bond motifs is 11. The van der Waals surface area contributed by atoms with E-state index in [4.69, 9.17) is 4.74 Å². The Hall–Kier alpha value is -1.36. The van der Waals surface area contributed by atoms with Gasteiger partial charge in [-0.25, -0.2) is 0 Å². The van der Waals surface area contributed by atoms with E-state index in [1.54, 1.807) is 12.5 Å². The van der Waals surface area contributed by atoms with E-state index in [-0.39, 0.29) is 44.6 Å². The zero-order valence-corrected chi connectivity index (χ0v) is 29.4. The van der Waals surface area contributed by atoms with Crippen LogP contribution in [0.25, 0.3) is 0 Å². The summed E-state index contributed by atoms with van der Waals surface area (Å²) in [6.45, 7) is 23.5. The highest BCUT2D eigenvalue weighted by molar-refractivity contribution is 5.84. The molecule has 7 fully saturated rings. The molecule has 0 radical (unpaired) electrons. The largest absolute Gasteiger partial charge is 0.462 e. The van der Waals surface area contributed by atoms with E-state index in [1.807, 2.05) is 0 Å². The lowest BCUT2D eigenvalue weighted by molar-refractivity contribution is -0.212. The minimum Gasteiger partial charge on any atom is -0.462 e. The van der Waals surface area contributed by atoms with Gasteiger partial charge in [0, 0.05) is 44.6 Å². The molecule has 8 atom stereocenters. The summed E-state index contributed by atoms with van der Waals surface area (Å²) in [7, 11) is 0. The van der Waals surface area contributed by atoms with Gasteiger partial charge in [-0.15, -0.1) is 0 Å². The van der Waals surface area contributed by atoms with Crippen LogP contribution in [0.4, 0.5) is 0 Å². The molecular formula is C39H62N2O3. The fraction of sp³-hybridized carbons (Fsp3) is 0.897. The molecule has 5 nitrogen and oxygen atoms in total. The van der Waals surface area contributed by atoms with Crippen LogP contribution in [-0.4, -0.2) is 60.0 Å². The average Bonchev–Trinajstić information content (AvgIpc) is 3.28. The van der Waals surface area contributed by atoms with Crippen LogP contribution in [0.3, 0.4) is 0 Å². The van der Waals surface area contributed by atoms with Crippen LogP contribution in [-0.2, 0) is 14.3 Å². The lowest BCUT2D eigenvalue weighted by atomic mass is 9.33. The lowest BCUT2D eigenvalue weighted by Gasteiger charge is -2.71. The van der Waals surface area contributed by atoms with E-state index in [0.29, 0.717) is 29.7 Å². The van der Waals surface area contributed by atoms with E-state index >= 15 is 4.79 Å². The van der Waals surface area contributed by atoms with Gasteiger partial charge in [-0.1, -0.05) is 60.1 Å². The number of rotatable bonds is 2. The van der Waals surface area contributed by atoms with Crippen LogP contribution < -0.4 is 0 Å². The van der Waals surface area contributed by atoms with Gasteiger partial charge in [-0.2, -0.15) is 0 Å². The third-order valence-electron chi connectivity index (χ3n) is 16.2. The van der Waals surface area contributed by atoms with Crippen LogP contribution in [0.5, 0.6) is 0 Å². The van der Waals surface area contributed by atoms with E-state index in [2.05, 4.69) is 64.3 Å². The Bertz CT molecular complexity index is 1230. The number of hydrogen-bond acceptors (Lipinski definition) is 4. The highest BCUT2D eigenvalue weighted by Gasteiger charge is 2.69. The summed E-state index contributed by atoms with van der Waals surface area (Å²) in [5.74, 6) is 1.94. The zero-order valence-electron chi connectivity index (χ0n) is 29.4. The van der Waals surface area contributed by atoms with Crippen molar-refractivity contribution in [2.45, 2.75) is 145 Å². The zero-order chi connectivity index (χ0) is 31.5. The van der Waals surface area contributed by atoms with Crippen molar-refractivity contribution in [2.24, 2.45) is 50.2 Å². The number of amides is 1. The van der Waals surface area contributed by atoms with Gasteiger partial charge in [0.2, 0.25) is 5.91 Å². The van der Waals surface area contributed by atoms with Crippen molar-refractivity contribution >= 4 is 11.9 Å². The first-order valence-corrected chi connectivity index (χ1v) is 18.5. The van der Waals surface area contributed by atoms with Crippen LogP contribution in [0, 0.1) is 50.2 Å². The molecule has 8 rings (SSSR count). The summed E-state index contributed by atoms with van der Waals surface area (Å²) >= 11 is 0. The Balaban J connectivity index is 1.25. The molecule has 3 aliphatic heterocycles. The van der Waals surface area contributed by atoms with Crippen molar-refractivity contribution in [3.05, 3.63) is 11.6 Å². The molecule has 5 aliphatic carbocycles. The first kappa shape index (κ1) is 31.3. The van der Waals surface area contributed by atoms with Gasteiger partial charge < -0.3 is 14.5 Å². The first-order chi connectivity index (χ1) is 20.6. The topological polar surface area (TPSA) is 49.9 Å². The minimum absolute atomic E-state index is 0.0180. The molecule has 44 heavy (non-hydrogen) atoms. The van der Waals surface area contributed by atoms with Gasteiger partial charge >= 0.3 is 5.97 Å². The maximum absolute atomic E-state index is 15.1. The van der Waals surface area contributed by atoms with Crippen LogP contribution in [0.15, 0.2) is 11.6 Å². The predicted molar refractivity (Wildman–Crippen MR) is 176 cm³/mol. The standard InChI is InChI=1S/C39H62N2O3/c1-26(42)44-32-12-15-36(6)30(35(32,4)5)11-16-38(8)31(36)10-9-28-29-25-34(2,3)17-19-39(29,20-18-37(28,38)7)33(43)41-24-23-40-21-13-27(41)14-22-40/h9,27,29-32H,10-25H2,1-8H3/t29-,30-,31+,32-,36-,37+,38+,39-/m0/s1. The molecule has 5 heteroatoms. The van der Waals surface area contributed by atoms with Crippen molar-refractivity contribution in [3.8, 4) is 0 Å². The first-order valence-electron chi connectivity index (χ1n) is 18.5. The number of allylic oxidation sites excluding steroid dienone is 2. The van der Waals surface area contributed by atoms with Crippen LogP contribution >= 0.6 is 0 Å². The second kappa shape index (κ2) is 10.1. The number of carbonyl (C=O) groups is 2. The fourth-order valence-corrected chi connectivity index (χ4v) is 13.5. The molecule has 0 aromatic carbocycles. The quantitative estimate of drug-likeness (QED) is 0.236. The summed E-state index contributed by atoms with van der Waals surface area (Å²) < 4.78 is 5.97. The maximum atomic E-state index is 15.1. The highest BCUT2D eigenvalue weighted by atomic mass is 16.5. The number of piperidine rings is 1. The van der Waals surface area contributed by atoms with E-state index < -0.39 is 0 Å². The number of nitrogens with zero attached hydrogens (tertiary/aromatic N) is 2. The summed E-state index contributed by atoms with van der Waals surface area (Å²) in [6.07, 6.45) is 16.4. The molecule has 0 N–H and O–H groups in total. The van der Waals surface area contributed by atoms with Gasteiger partial charge in [-0.3, -0.25) is 9.59 Å². The predicted octanol–water partition coefficient (Wildman–Crippen LogP) is 8.03. The summed E-state index contributed by atoms with van der Waals surface area (Å²) in [4.78, 5) is 32.1. The molecule has 8 aliphatic rings. The van der Waals surface area contributed by atoms with Crippen molar-refractivity contribution in [2.75, 3.05) is 26.2 Å².